The van der Waals surface area contributed by atoms with Crippen molar-refractivity contribution in [2.24, 2.45) is 5.28 Å². The average molecular weight is 231 g/mol. The number of nitrogens with one attached hydrogen (secondary N) is 1. The summed E-state index contributed by atoms with van der Waals surface area (Å²) in [6.45, 7) is 10.1. The molecule has 0 bridgehead atoms. The zero-order chi connectivity index (χ0) is 12.6. The lowest BCUT2D eigenvalue weighted by atomic mass is 10.1. The topological polar surface area (TPSA) is 76.8 Å². The molecular formula is C10H23N4O2-. The van der Waals surface area contributed by atoms with Crippen molar-refractivity contribution >= 4 is 0 Å². The van der Waals surface area contributed by atoms with Crippen LogP contribution in [-0.2, 0) is 0 Å². The Bertz CT molecular complexity index is 213. The predicted molar refractivity (Wildman–Crippen MR) is 63.7 cm³/mol. The van der Waals surface area contributed by atoms with E-state index in [1.54, 1.807) is 0 Å². The third-order valence-corrected chi connectivity index (χ3v) is 2.04. The van der Waals surface area contributed by atoms with Crippen molar-refractivity contribution in [3.63, 3.8) is 0 Å². The summed E-state index contributed by atoms with van der Waals surface area (Å²) < 4.78 is 0. The minimum absolute atomic E-state index is 0.0790. The Morgan fingerprint density at radius 2 is 1.94 bits per heavy atom. The summed E-state index contributed by atoms with van der Waals surface area (Å²) >= 11 is 0. The maximum atomic E-state index is 11.0. The summed E-state index contributed by atoms with van der Waals surface area (Å²) in [6.07, 6.45) is 1.63. The van der Waals surface area contributed by atoms with E-state index in [9.17, 15) is 10.4 Å². The zero-order valence-electron chi connectivity index (χ0n) is 10.7. The molecule has 6 heteroatoms. The van der Waals surface area contributed by atoms with Crippen LogP contribution in [-0.4, -0.2) is 35.2 Å². The van der Waals surface area contributed by atoms with E-state index in [1.165, 1.54) is 5.01 Å². The summed E-state index contributed by atoms with van der Waals surface area (Å²) in [7, 11) is 0. The Kier molecular flexibility index (Phi) is 6.80. The largest absolute Gasteiger partial charge is 0.737 e. The lowest BCUT2D eigenvalue weighted by molar-refractivity contribution is -0.690. The molecule has 6 nitrogen and oxygen atoms in total. The van der Waals surface area contributed by atoms with Crippen LogP contribution in [0.15, 0.2) is 5.28 Å². The van der Waals surface area contributed by atoms with E-state index in [0.717, 1.165) is 19.4 Å². The highest BCUT2D eigenvalue weighted by atomic mass is 16.6. The standard InChI is InChI=1S/C10H24N4O2/c1-5-8-13(14(16)12-15)9-6-7-11-10(2,3)4/h11,15H,5-9H2,1-4H3/p-1/b14-12-. The van der Waals surface area contributed by atoms with Gasteiger partial charge < -0.3 is 15.7 Å². The fourth-order valence-corrected chi connectivity index (χ4v) is 1.32. The van der Waals surface area contributed by atoms with Crippen molar-refractivity contribution < 1.29 is 4.97 Å². The van der Waals surface area contributed by atoms with Gasteiger partial charge in [-0.25, -0.2) is 0 Å². The van der Waals surface area contributed by atoms with Crippen LogP contribution >= 0.6 is 0 Å². The summed E-state index contributed by atoms with van der Waals surface area (Å²) in [5.74, 6) is 0. The highest BCUT2D eigenvalue weighted by Gasteiger charge is 2.11. The van der Waals surface area contributed by atoms with E-state index in [1.807, 2.05) is 6.92 Å². The highest BCUT2D eigenvalue weighted by Crippen LogP contribution is 2.00. The summed E-state index contributed by atoms with van der Waals surface area (Å²) in [4.78, 5) is 0.139. The van der Waals surface area contributed by atoms with Gasteiger partial charge in [-0.2, -0.15) is 0 Å². The van der Waals surface area contributed by atoms with Crippen molar-refractivity contribution in [3.05, 3.63) is 10.4 Å². The van der Waals surface area contributed by atoms with Crippen LogP contribution in [0, 0.1) is 10.4 Å². The van der Waals surface area contributed by atoms with Gasteiger partial charge in [0.25, 0.3) is 0 Å². The number of nitrogens with zero attached hydrogens (tertiary/aromatic N) is 3. The molecule has 0 unspecified atom stereocenters. The maximum Gasteiger partial charge on any atom is 0.0780 e. The molecule has 0 saturated carbocycles. The fraction of sp³-hybridized carbons (Fsp3) is 1.00. The van der Waals surface area contributed by atoms with Gasteiger partial charge in [0.15, 0.2) is 0 Å². The van der Waals surface area contributed by atoms with Gasteiger partial charge in [0, 0.05) is 10.5 Å². The monoisotopic (exact) mass is 231 g/mol. The van der Waals surface area contributed by atoms with Crippen LogP contribution in [0.1, 0.15) is 40.5 Å². The summed E-state index contributed by atoms with van der Waals surface area (Å²) in [6, 6.07) is 0. The Hall–Kier alpha value is -1.04. The quantitative estimate of drug-likeness (QED) is 0.314. The molecule has 0 rings (SSSR count). The molecule has 0 aliphatic rings. The first-order valence-electron chi connectivity index (χ1n) is 5.71. The van der Waals surface area contributed by atoms with E-state index in [0.29, 0.717) is 13.1 Å². The van der Waals surface area contributed by atoms with Crippen LogP contribution in [0.5, 0.6) is 0 Å². The van der Waals surface area contributed by atoms with Crippen LogP contribution in [0.2, 0.25) is 0 Å². The fourth-order valence-electron chi connectivity index (χ4n) is 1.32. The van der Waals surface area contributed by atoms with Crippen molar-refractivity contribution in [1.82, 2.24) is 10.3 Å². The van der Waals surface area contributed by atoms with E-state index >= 15 is 0 Å². The molecule has 96 valence electrons. The first-order chi connectivity index (χ1) is 7.40. The maximum absolute atomic E-state index is 11.0. The Morgan fingerprint density at radius 3 is 2.38 bits per heavy atom. The molecule has 0 heterocycles. The van der Waals surface area contributed by atoms with E-state index in [-0.39, 0.29) is 10.5 Å². The van der Waals surface area contributed by atoms with Crippen molar-refractivity contribution in [2.75, 3.05) is 19.6 Å². The molecule has 0 aromatic rings. The molecule has 0 amide bonds. The second-order valence-corrected chi connectivity index (χ2v) is 4.82. The second-order valence-electron chi connectivity index (χ2n) is 4.82. The van der Waals surface area contributed by atoms with Gasteiger partial charge >= 0.3 is 0 Å². The van der Waals surface area contributed by atoms with Crippen molar-refractivity contribution in [3.8, 4) is 0 Å². The van der Waals surface area contributed by atoms with Gasteiger partial charge in [0.05, 0.1) is 13.1 Å². The Morgan fingerprint density at radius 1 is 1.31 bits per heavy atom. The molecule has 0 aromatic heterocycles. The lowest BCUT2D eigenvalue weighted by Gasteiger charge is -2.22. The Balaban J connectivity index is 3.86. The molecule has 0 spiro atoms. The van der Waals surface area contributed by atoms with Gasteiger partial charge in [-0.15, -0.1) is 5.01 Å². The average Bonchev–Trinajstić information content (AvgIpc) is 2.20. The van der Waals surface area contributed by atoms with Crippen LogP contribution in [0.3, 0.4) is 0 Å². The molecule has 0 aromatic carbocycles. The SMILES string of the molecule is CCCN(CCCNC(C)(C)C)/[N+]([O-])=N/[O-]. The molecule has 0 aliphatic carbocycles. The zero-order valence-corrected chi connectivity index (χ0v) is 10.7. The third kappa shape index (κ3) is 7.28. The van der Waals surface area contributed by atoms with Crippen LogP contribution < -0.4 is 5.32 Å². The predicted octanol–water partition coefficient (Wildman–Crippen LogP) is 1.85. The number of hydrazine groups is 1. The molecule has 0 saturated heterocycles. The minimum Gasteiger partial charge on any atom is -0.737 e. The van der Waals surface area contributed by atoms with E-state index < -0.39 is 0 Å². The lowest BCUT2D eigenvalue weighted by Crippen LogP contribution is -2.39. The van der Waals surface area contributed by atoms with E-state index in [2.05, 4.69) is 31.4 Å². The summed E-state index contributed by atoms with van der Waals surface area (Å²) in [5, 5.41) is 28.3. The number of hydrogen-bond acceptors (Lipinski definition) is 4. The summed E-state index contributed by atoms with van der Waals surface area (Å²) in [5.41, 5.74) is 0.0790. The van der Waals surface area contributed by atoms with Gasteiger partial charge in [-0.05, 0) is 45.4 Å². The molecule has 1 N–H and O–H groups in total. The molecule has 0 atom stereocenters. The van der Waals surface area contributed by atoms with Gasteiger partial charge in [-0.1, -0.05) is 6.92 Å². The molecule has 0 radical (unpaired) electrons. The number of rotatable bonds is 7. The smallest absolute Gasteiger partial charge is 0.0780 e. The Labute approximate surface area is 97.5 Å². The first-order valence-corrected chi connectivity index (χ1v) is 5.71. The van der Waals surface area contributed by atoms with Crippen LogP contribution in [0.4, 0.5) is 0 Å². The second kappa shape index (κ2) is 7.27. The van der Waals surface area contributed by atoms with Crippen LogP contribution in [0.25, 0.3) is 0 Å². The normalized spacial score (nSPS) is 12.9. The molecule has 0 aliphatic heterocycles. The van der Waals surface area contributed by atoms with Gasteiger partial charge in [0.1, 0.15) is 0 Å². The van der Waals surface area contributed by atoms with Gasteiger partial charge in [0.2, 0.25) is 0 Å². The van der Waals surface area contributed by atoms with E-state index in [4.69, 9.17) is 0 Å². The number of hydrogen-bond donors (Lipinski definition) is 1. The van der Waals surface area contributed by atoms with Crippen molar-refractivity contribution in [2.45, 2.75) is 46.1 Å². The minimum atomic E-state index is 0.0790. The molecular weight excluding hydrogens is 208 g/mol. The third-order valence-electron chi connectivity index (χ3n) is 2.04. The molecule has 16 heavy (non-hydrogen) atoms. The van der Waals surface area contributed by atoms with Crippen molar-refractivity contribution in [1.29, 1.82) is 0 Å². The first kappa shape index (κ1) is 15.0. The molecule has 0 fully saturated rings. The highest BCUT2D eigenvalue weighted by molar-refractivity contribution is 4.69. The van der Waals surface area contributed by atoms with Gasteiger partial charge in [-0.3, -0.25) is 0 Å².